The first-order valence-corrected chi connectivity index (χ1v) is 6.58. The van der Waals surface area contributed by atoms with Gasteiger partial charge in [-0.15, -0.1) is 0 Å². The molecule has 0 heterocycles. The Morgan fingerprint density at radius 3 is 2.50 bits per heavy atom. The molecule has 2 aromatic carbocycles. The summed E-state index contributed by atoms with van der Waals surface area (Å²) >= 11 is 3.51. The third-order valence-electron chi connectivity index (χ3n) is 2.96. The number of nitrogens with one attached hydrogen (secondary N) is 2. The number of amides is 1. The molecule has 0 aliphatic heterocycles. The predicted octanol–water partition coefficient (Wildman–Crippen LogP) is 3.15. The SMILES string of the molecule is CNC(C)C(=O)Nc1ccc(Br)c2ccccc12. The molecular weight excluding hydrogens is 292 g/mol. The van der Waals surface area contributed by atoms with Gasteiger partial charge in [0.05, 0.1) is 6.04 Å². The Balaban J connectivity index is 2.40. The van der Waals surface area contributed by atoms with Crippen molar-refractivity contribution in [1.29, 1.82) is 0 Å². The molecular formula is C14H15BrN2O. The molecule has 4 heteroatoms. The van der Waals surface area contributed by atoms with E-state index in [4.69, 9.17) is 0 Å². The van der Waals surface area contributed by atoms with Crippen molar-refractivity contribution in [1.82, 2.24) is 5.32 Å². The van der Waals surface area contributed by atoms with Crippen molar-refractivity contribution in [3.63, 3.8) is 0 Å². The second-order valence-corrected chi connectivity index (χ2v) is 4.99. The minimum Gasteiger partial charge on any atom is -0.324 e. The van der Waals surface area contributed by atoms with Gasteiger partial charge in [0.2, 0.25) is 5.91 Å². The third-order valence-corrected chi connectivity index (χ3v) is 3.65. The number of carbonyl (C=O) groups is 1. The van der Waals surface area contributed by atoms with Gasteiger partial charge in [0.15, 0.2) is 0 Å². The van der Waals surface area contributed by atoms with Crippen molar-refractivity contribution in [3.8, 4) is 0 Å². The standard InChI is InChI=1S/C14H15BrN2O/c1-9(16-2)14(18)17-13-8-7-12(15)10-5-3-4-6-11(10)13/h3-9,16H,1-2H3,(H,17,18). The Labute approximate surface area is 115 Å². The van der Waals surface area contributed by atoms with Crippen molar-refractivity contribution >= 4 is 38.3 Å². The van der Waals surface area contributed by atoms with Crippen LogP contribution in [0.3, 0.4) is 0 Å². The number of likely N-dealkylation sites (N-methyl/N-ethyl adjacent to an activating group) is 1. The van der Waals surface area contributed by atoms with Crippen molar-refractivity contribution in [3.05, 3.63) is 40.9 Å². The quantitative estimate of drug-likeness (QED) is 0.914. The van der Waals surface area contributed by atoms with Crippen LogP contribution in [0.15, 0.2) is 40.9 Å². The van der Waals surface area contributed by atoms with Gasteiger partial charge in [0, 0.05) is 15.5 Å². The number of anilines is 1. The van der Waals surface area contributed by atoms with Gasteiger partial charge >= 0.3 is 0 Å². The lowest BCUT2D eigenvalue weighted by atomic mass is 10.1. The highest BCUT2D eigenvalue weighted by atomic mass is 79.9. The lowest BCUT2D eigenvalue weighted by molar-refractivity contribution is -0.117. The molecule has 0 saturated carbocycles. The average molecular weight is 307 g/mol. The largest absolute Gasteiger partial charge is 0.324 e. The molecule has 18 heavy (non-hydrogen) atoms. The molecule has 1 atom stereocenters. The first kappa shape index (κ1) is 13.1. The fourth-order valence-electron chi connectivity index (χ4n) is 1.74. The van der Waals surface area contributed by atoms with E-state index >= 15 is 0 Å². The smallest absolute Gasteiger partial charge is 0.241 e. The minimum absolute atomic E-state index is 0.0371. The Morgan fingerprint density at radius 1 is 1.17 bits per heavy atom. The van der Waals surface area contributed by atoms with E-state index in [1.807, 2.05) is 43.3 Å². The van der Waals surface area contributed by atoms with Gasteiger partial charge in [-0.05, 0) is 31.5 Å². The summed E-state index contributed by atoms with van der Waals surface area (Å²) in [5.41, 5.74) is 0.834. The number of halogens is 1. The van der Waals surface area contributed by atoms with Crippen LogP contribution < -0.4 is 10.6 Å². The summed E-state index contributed by atoms with van der Waals surface area (Å²) in [4.78, 5) is 11.9. The van der Waals surface area contributed by atoms with Gasteiger partial charge in [-0.25, -0.2) is 0 Å². The van der Waals surface area contributed by atoms with E-state index in [0.717, 1.165) is 20.9 Å². The molecule has 1 unspecified atom stereocenters. The highest BCUT2D eigenvalue weighted by Gasteiger charge is 2.12. The summed E-state index contributed by atoms with van der Waals surface area (Å²) in [5.74, 6) is -0.0371. The molecule has 0 radical (unpaired) electrons. The van der Waals surface area contributed by atoms with E-state index < -0.39 is 0 Å². The Morgan fingerprint density at radius 2 is 1.83 bits per heavy atom. The summed E-state index contributed by atoms with van der Waals surface area (Å²) < 4.78 is 1.03. The van der Waals surface area contributed by atoms with Gasteiger partial charge in [0.25, 0.3) is 0 Å². The average Bonchev–Trinajstić information content (AvgIpc) is 2.41. The minimum atomic E-state index is -0.215. The van der Waals surface area contributed by atoms with Crippen LogP contribution in [0.2, 0.25) is 0 Å². The number of fused-ring (bicyclic) bond motifs is 1. The molecule has 2 rings (SSSR count). The summed E-state index contributed by atoms with van der Waals surface area (Å²) in [6.07, 6.45) is 0. The van der Waals surface area contributed by atoms with E-state index in [2.05, 4.69) is 26.6 Å². The van der Waals surface area contributed by atoms with Crippen LogP contribution >= 0.6 is 15.9 Å². The van der Waals surface area contributed by atoms with E-state index in [1.54, 1.807) is 7.05 Å². The topological polar surface area (TPSA) is 41.1 Å². The molecule has 0 fully saturated rings. The fourth-order valence-corrected chi connectivity index (χ4v) is 2.22. The van der Waals surface area contributed by atoms with Crippen molar-refractivity contribution < 1.29 is 4.79 Å². The normalized spacial score (nSPS) is 12.4. The highest BCUT2D eigenvalue weighted by Crippen LogP contribution is 2.29. The van der Waals surface area contributed by atoms with Crippen LogP contribution in [0.5, 0.6) is 0 Å². The third kappa shape index (κ3) is 2.54. The Hall–Kier alpha value is -1.39. The number of hydrogen-bond donors (Lipinski definition) is 2. The second kappa shape index (κ2) is 5.50. The zero-order chi connectivity index (χ0) is 13.1. The number of hydrogen-bond acceptors (Lipinski definition) is 2. The maximum atomic E-state index is 11.9. The van der Waals surface area contributed by atoms with Gasteiger partial charge < -0.3 is 10.6 Å². The van der Waals surface area contributed by atoms with E-state index in [0.29, 0.717) is 0 Å². The van der Waals surface area contributed by atoms with Crippen LogP contribution in [0.1, 0.15) is 6.92 Å². The zero-order valence-corrected chi connectivity index (χ0v) is 11.9. The van der Waals surface area contributed by atoms with Gasteiger partial charge in [-0.1, -0.05) is 40.2 Å². The maximum Gasteiger partial charge on any atom is 0.241 e. The summed E-state index contributed by atoms with van der Waals surface area (Å²) in [7, 11) is 1.77. The van der Waals surface area contributed by atoms with E-state index in [1.165, 1.54) is 0 Å². The number of benzene rings is 2. The van der Waals surface area contributed by atoms with Crippen molar-refractivity contribution in [2.24, 2.45) is 0 Å². The summed E-state index contributed by atoms with van der Waals surface area (Å²) in [6.45, 7) is 1.83. The van der Waals surface area contributed by atoms with Crippen LogP contribution in [-0.4, -0.2) is 19.0 Å². The van der Waals surface area contributed by atoms with Crippen LogP contribution in [0, 0.1) is 0 Å². The summed E-state index contributed by atoms with van der Waals surface area (Å²) in [6, 6.07) is 11.6. The fraction of sp³-hybridized carbons (Fsp3) is 0.214. The molecule has 94 valence electrons. The first-order valence-electron chi connectivity index (χ1n) is 5.79. The highest BCUT2D eigenvalue weighted by molar-refractivity contribution is 9.10. The molecule has 3 nitrogen and oxygen atoms in total. The van der Waals surface area contributed by atoms with Crippen LogP contribution in [0.25, 0.3) is 10.8 Å². The molecule has 0 saturated heterocycles. The molecule has 2 N–H and O–H groups in total. The van der Waals surface area contributed by atoms with Crippen LogP contribution in [0.4, 0.5) is 5.69 Å². The Kier molecular flexibility index (Phi) is 3.99. The monoisotopic (exact) mass is 306 g/mol. The lowest BCUT2D eigenvalue weighted by Crippen LogP contribution is -2.35. The molecule has 0 aromatic heterocycles. The van der Waals surface area contributed by atoms with E-state index in [9.17, 15) is 4.79 Å². The second-order valence-electron chi connectivity index (χ2n) is 4.14. The Bertz CT molecular complexity index is 583. The molecule has 0 spiro atoms. The van der Waals surface area contributed by atoms with Gasteiger partial charge in [0.1, 0.15) is 0 Å². The number of rotatable bonds is 3. The van der Waals surface area contributed by atoms with E-state index in [-0.39, 0.29) is 11.9 Å². The van der Waals surface area contributed by atoms with Crippen LogP contribution in [-0.2, 0) is 4.79 Å². The zero-order valence-electron chi connectivity index (χ0n) is 10.3. The molecule has 0 bridgehead atoms. The van der Waals surface area contributed by atoms with Crippen molar-refractivity contribution in [2.75, 3.05) is 12.4 Å². The summed E-state index contributed by atoms with van der Waals surface area (Å²) in [5, 5.41) is 7.98. The maximum absolute atomic E-state index is 11.9. The van der Waals surface area contributed by atoms with Gasteiger partial charge in [-0.3, -0.25) is 4.79 Å². The molecule has 0 aliphatic rings. The van der Waals surface area contributed by atoms with Gasteiger partial charge in [-0.2, -0.15) is 0 Å². The molecule has 2 aromatic rings. The first-order chi connectivity index (χ1) is 8.63. The van der Waals surface area contributed by atoms with Crippen molar-refractivity contribution in [2.45, 2.75) is 13.0 Å². The lowest BCUT2D eigenvalue weighted by Gasteiger charge is -2.13. The molecule has 0 aliphatic carbocycles. The molecule has 1 amide bonds. The predicted molar refractivity (Wildman–Crippen MR) is 78.8 cm³/mol. The number of carbonyl (C=O) groups excluding carboxylic acids is 1.